The van der Waals surface area contributed by atoms with Gasteiger partial charge >= 0.3 is 0 Å². The van der Waals surface area contributed by atoms with Gasteiger partial charge in [0.2, 0.25) is 6.79 Å². The standard InChI is InChI=1S/C19H14N2O3S/c22-19-13-4-1-2-5-14(13)20-18(17-6-3-9-25-17)21(19)12-7-8-15-16(10-12)24-11-23-15/h1-10,18,20H,11H2. The van der Waals surface area contributed by atoms with Crippen molar-refractivity contribution >= 4 is 28.6 Å². The average Bonchev–Trinajstić information content (AvgIpc) is 3.33. The highest BCUT2D eigenvalue weighted by molar-refractivity contribution is 7.10. The zero-order valence-electron chi connectivity index (χ0n) is 13.1. The second-order valence-corrected chi connectivity index (χ2v) is 6.80. The molecule has 0 radical (unpaired) electrons. The van der Waals surface area contributed by atoms with Crippen LogP contribution >= 0.6 is 11.3 Å². The molecule has 25 heavy (non-hydrogen) atoms. The maximum Gasteiger partial charge on any atom is 0.262 e. The maximum absolute atomic E-state index is 13.2. The molecule has 2 aliphatic heterocycles. The van der Waals surface area contributed by atoms with Crippen molar-refractivity contribution in [3.63, 3.8) is 0 Å². The predicted octanol–water partition coefficient (Wildman–Crippen LogP) is 4.25. The third-order valence-electron chi connectivity index (χ3n) is 4.37. The van der Waals surface area contributed by atoms with Gasteiger partial charge in [0.25, 0.3) is 5.91 Å². The number of nitrogens with zero attached hydrogens (tertiary/aromatic N) is 1. The van der Waals surface area contributed by atoms with Crippen LogP contribution in [0.5, 0.6) is 11.5 Å². The Morgan fingerprint density at radius 3 is 2.80 bits per heavy atom. The summed E-state index contributed by atoms with van der Waals surface area (Å²) in [5.74, 6) is 1.33. The topological polar surface area (TPSA) is 50.8 Å². The van der Waals surface area contributed by atoms with Gasteiger partial charge in [0, 0.05) is 16.6 Å². The van der Waals surface area contributed by atoms with Crippen LogP contribution in [-0.2, 0) is 0 Å². The Hall–Kier alpha value is -2.99. The summed E-state index contributed by atoms with van der Waals surface area (Å²) in [7, 11) is 0. The van der Waals surface area contributed by atoms with Crippen LogP contribution in [0.25, 0.3) is 0 Å². The fourth-order valence-corrected chi connectivity index (χ4v) is 3.97. The van der Waals surface area contributed by atoms with Crippen LogP contribution in [-0.4, -0.2) is 12.7 Å². The minimum Gasteiger partial charge on any atom is -0.454 e. The first-order chi connectivity index (χ1) is 12.3. The summed E-state index contributed by atoms with van der Waals surface area (Å²) < 4.78 is 10.9. The number of carbonyl (C=O) groups excluding carboxylic acids is 1. The van der Waals surface area contributed by atoms with Crippen molar-refractivity contribution in [1.29, 1.82) is 0 Å². The lowest BCUT2D eigenvalue weighted by Crippen LogP contribution is -2.42. The van der Waals surface area contributed by atoms with E-state index in [1.807, 2.05) is 60.0 Å². The molecule has 1 unspecified atom stereocenters. The van der Waals surface area contributed by atoms with E-state index in [4.69, 9.17) is 9.47 Å². The molecule has 0 fully saturated rings. The van der Waals surface area contributed by atoms with E-state index in [9.17, 15) is 4.79 Å². The quantitative estimate of drug-likeness (QED) is 0.751. The van der Waals surface area contributed by atoms with Gasteiger partial charge in [0.1, 0.15) is 6.17 Å². The van der Waals surface area contributed by atoms with Crippen molar-refractivity contribution in [3.05, 3.63) is 70.4 Å². The van der Waals surface area contributed by atoms with Gasteiger partial charge < -0.3 is 14.8 Å². The second kappa shape index (κ2) is 5.53. The van der Waals surface area contributed by atoms with Crippen LogP contribution in [0.1, 0.15) is 21.4 Å². The van der Waals surface area contributed by atoms with Crippen LogP contribution in [0.2, 0.25) is 0 Å². The zero-order chi connectivity index (χ0) is 16.8. The van der Waals surface area contributed by atoms with E-state index in [1.165, 1.54) is 0 Å². The first kappa shape index (κ1) is 14.4. The van der Waals surface area contributed by atoms with E-state index >= 15 is 0 Å². The summed E-state index contributed by atoms with van der Waals surface area (Å²) in [5.41, 5.74) is 2.28. The Kier molecular flexibility index (Phi) is 3.18. The number of thiophene rings is 1. The molecule has 124 valence electrons. The number of benzene rings is 2. The van der Waals surface area contributed by atoms with Crippen LogP contribution in [0, 0.1) is 0 Å². The minimum absolute atomic E-state index is 0.0355. The summed E-state index contributed by atoms with van der Waals surface area (Å²) in [6, 6.07) is 17.2. The average molecular weight is 350 g/mol. The summed E-state index contributed by atoms with van der Waals surface area (Å²) >= 11 is 1.62. The first-order valence-electron chi connectivity index (χ1n) is 7.93. The highest BCUT2D eigenvalue weighted by atomic mass is 32.1. The molecule has 3 aromatic rings. The second-order valence-electron chi connectivity index (χ2n) is 5.82. The van der Waals surface area contributed by atoms with Gasteiger partial charge in [0.05, 0.1) is 11.3 Å². The Morgan fingerprint density at radius 1 is 1.04 bits per heavy atom. The van der Waals surface area contributed by atoms with Crippen LogP contribution < -0.4 is 19.7 Å². The molecular formula is C19H14N2O3S. The summed E-state index contributed by atoms with van der Waals surface area (Å²) in [6.45, 7) is 0.210. The van der Waals surface area contributed by atoms with Gasteiger partial charge in [-0.05, 0) is 35.7 Å². The van der Waals surface area contributed by atoms with E-state index in [-0.39, 0.29) is 18.9 Å². The number of carbonyl (C=O) groups is 1. The fourth-order valence-electron chi connectivity index (χ4n) is 3.20. The number of ether oxygens (including phenoxy) is 2. The molecule has 2 aliphatic rings. The fraction of sp³-hybridized carbons (Fsp3) is 0.105. The van der Waals surface area contributed by atoms with Crippen molar-refractivity contribution in [2.75, 3.05) is 17.0 Å². The first-order valence-corrected chi connectivity index (χ1v) is 8.81. The van der Waals surface area contributed by atoms with Gasteiger partial charge in [0.15, 0.2) is 11.5 Å². The molecule has 1 aromatic heterocycles. The molecule has 0 saturated carbocycles. The van der Waals surface area contributed by atoms with E-state index in [2.05, 4.69) is 5.32 Å². The largest absolute Gasteiger partial charge is 0.454 e. The highest BCUT2D eigenvalue weighted by Gasteiger charge is 2.35. The molecule has 5 rings (SSSR count). The van der Waals surface area contributed by atoms with Gasteiger partial charge in [-0.25, -0.2) is 0 Å². The smallest absolute Gasteiger partial charge is 0.262 e. The van der Waals surface area contributed by atoms with Crippen molar-refractivity contribution in [2.24, 2.45) is 0 Å². The van der Waals surface area contributed by atoms with Gasteiger partial charge in [-0.2, -0.15) is 0 Å². The van der Waals surface area contributed by atoms with Gasteiger partial charge in [-0.3, -0.25) is 9.69 Å². The molecular weight excluding hydrogens is 336 g/mol. The van der Waals surface area contributed by atoms with Gasteiger partial charge in [-0.15, -0.1) is 11.3 Å². The maximum atomic E-state index is 13.2. The summed E-state index contributed by atoms with van der Waals surface area (Å²) in [4.78, 5) is 16.1. The molecule has 1 N–H and O–H groups in total. The molecule has 5 nitrogen and oxygen atoms in total. The van der Waals surface area contributed by atoms with Crippen molar-refractivity contribution in [3.8, 4) is 11.5 Å². The van der Waals surface area contributed by atoms with Crippen LogP contribution in [0.3, 0.4) is 0 Å². The third kappa shape index (κ3) is 2.26. The molecule has 0 bridgehead atoms. The minimum atomic E-state index is -0.261. The third-order valence-corrected chi connectivity index (χ3v) is 5.30. The number of rotatable bonds is 2. The number of amides is 1. The van der Waals surface area contributed by atoms with Crippen LogP contribution in [0.15, 0.2) is 60.0 Å². The van der Waals surface area contributed by atoms with Crippen molar-refractivity contribution in [2.45, 2.75) is 6.17 Å². The number of nitrogens with one attached hydrogen (secondary N) is 1. The van der Waals surface area contributed by atoms with Crippen molar-refractivity contribution < 1.29 is 14.3 Å². The molecule has 0 aliphatic carbocycles. The number of hydrogen-bond acceptors (Lipinski definition) is 5. The highest BCUT2D eigenvalue weighted by Crippen LogP contribution is 2.41. The van der Waals surface area contributed by atoms with Crippen LogP contribution in [0.4, 0.5) is 11.4 Å². The van der Waals surface area contributed by atoms with Gasteiger partial charge in [-0.1, -0.05) is 18.2 Å². The lowest BCUT2D eigenvalue weighted by molar-refractivity contribution is 0.0975. The molecule has 2 aromatic carbocycles. The van der Waals surface area contributed by atoms with E-state index < -0.39 is 0 Å². The Morgan fingerprint density at radius 2 is 1.92 bits per heavy atom. The SMILES string of the molecule is O=C1c2ccccc2NC(c2cccs2)N1c1ccc2c(c1)OCO2. The number of para-hydroxylation sites is 1. The predicted molar refractivity (Wildman–Crippen MR) is 96.5 cm³/mol. The lowest BCUT2D eigenvalue weighted by Gasteiger charge is -2.37. The molecule has 0 spiro atoms. The molecule has 6 heteroatoms. The Balaban J connectivity index is 1.65. The number of anilines is 2. The van der Waals surface area contributed by atoms with E-state index in [0.717, 1.165) is 16.3 Å². The molecule has 3 heterocycles. The van der Waals surface area contributed by atoms with E-state index in [0.29, 0.717) is 17.1 Å². The molecule has 0 saturated heterocycles. The molecule has 1 atom stereocenters. The Bertz CT molecular complexity index is 955. The van der Waals surface area contributed by atoms with E-state index in [1.54, 1.807) is 16.2 Å². The monoisotopic (exact) mass is 350 g/mol. The lowest BCUT2D eigenvalue weighted by atomic mass is 10.1. The number of hydrogen-bond donors (Lipinski definition) is 1. The Labute approximate surface area is 148 Å². The summed E-state index contributed by atoms with van der Waals surface area (Å²) in [6.07, 6.45) is -0.261. The zero-order valence-corrected chi connectivity index (χ0v) is 14.0. The molecule has 1 amide bonds. The normalized spacial score (nSPS) is 18.0. The number of fused-ring (bicyclic) bond motifs is 2. The summed E-state index contributed by atoms with van der Waals surface area (Å²) in [5, 5.41) is 5.50. The van der Waals surface area contributed by atoms with Crippen molar-refractivity contribution in [1.82, 2.24) is 0 Å².